The van der Waals surface area contributed by atoms with Gasteiger partial charge in [0.2, 0.25) is 12.0 Å². The highest BCUT2D eigenvalue weighted by atomic mass is 28.4. The minimum Gasteiger partial charge on any atom is -0.459 e. The number of carbonyl (C=O) groups is 5. The SMILES string of the molecule is CC[Si](CC)(CC)O[C@H]1C[C@H]2OC[C@@]2(OC(C)=O)[C@H]2[C@H](OC(=O)c3ccccc3)[C@]3(O)C[C@H](OC(=O)[C@H]4OC(c5ccccc5)=N[C@@]45CC5C)C(C)=C([C@@H](OC(C)=O)C(=O)[C@]12C)C3(C)C. The summed E-state index contributed by atoms with van der Waals surface area (Å²) < 4.78 is 45.7. The third kappa shape index (κ3) is 7.21. The molecule has 2 aromatic rings. The molecular weight excluding hydrogens is 851 g/mol. The van der Waals surface area contributed by atoms with Crippen LogP contribution < -0.4 is 0 Å². The van der Waals surface area contributed by atoms with Gasteiger partial charge in [-0.05, 0) is 79.7 Å². The van der Waals surface area contributed by atoms with Crippen molar-refractivity contribution in [2.75, 3.05) is 6.61 Å². The zero-order valence-electron chi connectivity index (χ0n) is 39.1. The number of nitrogens with zero attached hydrogens (tertiary/aromatic N) is 1. The lowest BCUT2D eigenvalue weighted by molar-refractivity contribution is -0.344. The number of ether oxygens (including phenoxy) is 6. The molecule has 15 heteroatoms. The highest BCUT2D eigenvalue weighted by molar-refractivity contribution is 6.73. The molecule has 8 rings (SSSR count). The molecule has 3 saturated carbocycles. The highest BCUT2D eigenvalue weighted by Crippen LogP contribution is 2.65. The smallest absolute Gasteiger partial charge is 0.350 e. The van der Waals surface area contributed by atoms with Crippen LogP contribution in [0.1, 0.15) is 104 Å². The van der Waals surface area contributed by atoms with E-state index in [-0.39, 0.29) is 36.5 Å². The predicted octanol–water partition coefficient (Wildman–Crippen LogP) is 6.86. The molecule has 0 amide bonds. The van der Waals surface area contributed by atoms with Gasteiger partial charge in [-0.2, -0.15) is 0 Å². The summed E-state index contributed by atoms with van der Waals surface area (Å²) in [5.41, 5.74) is -6.56. The lowest BCUT2D eigenvalue weighted by Crippen LogP contribution is -2.82. The normalized spacial score (nSPS) is 36.7. The third-order valence-corrected chi connectivity index (χ3v) is 20.9. The zero-order valence-corrected chi connectivity index (χ0v) is 40.1. The quantitative estimate of drug-likeness (QED) is 0.101. The molecular formula is C50H63NO13Si. The summed E-state index contributed by atoms with van der Waals surface area (Å²) in [6, 6.07) is 19.7. The fraction of sp³-hybridized carbons (Fsp3) is 0.600. The van der Waals surface area contributed by atoms with Crippen LogP contribution in [0.3, 0.4) is 0 Å². The molecule has 4 aliphatic carbocycles. The van der Waals surface area contributed by atoms with Crippen molar-refractivity contribution in [1.82, 2.24) is 0 Å². The second-order valence-corrected chi connectivity index (χ2v) is 24.6. The number of ketones is 1. The number of Topliss-reactive ketones (excluding diaryl/α,β-unsaturated/α-hetero) is 1. The fourth-order valence-corrected chi connectivity index (χ4v) is 15.0. The number of esters is 4. The minimum absolute atomic E-state index is 0.00167. The topological polar surface area (TPSA) is 183 Å². The monoisotopic (exact) mass is 913 g/mol. The number of hydrogen-bond donors (Lipinski definition) is 1. The Morgan fingerprint density at radius 3 is 2.03 bits per heavy atom. The fourth-order valence-electron chi connectivity index (χ4n) is 12.1. The lowest BCUT2D eigenvalue weighted by Gasteiger charge is -2.68. The number of rotatable bonds is 12. The van der Waals surface area contributed by atoms with Crippen molar-refractivity contribution in [1.29, 1.82) is 0 Å². The van der Waals surface area contributed by atoms with Crippen molar-refractivity contribution in [2.24, 2.45) is 27.7 Å². The molecule has 4 fully saturated rings. The van der Waals surface area contributed by atoms with E-state index in [1.807, 2.05) is 37.3 Å². The molecule has 2 aromatic carbocycles. The molecule has 0 radical (unpaired) electrons. The van der Waals surface area contributed by atoms with Crippen LogP contribution in [0.4, 0.5) is 0 Å². The van der Waals surface area contributed by atoms with Gasteiger partial charge in [-0.25, -0.2) is 14.6 Å². The number of fused-ring (bicyclic) bond motifs is 5. The summed E-state index contributed by atoms with van der Waals surface area (Å²) in [7, 11) is -2.59. The summed E-state index contributed by atoms with van der Waals surface area (Å²) in [4.78, 5) is 77.3. The van der Waals surface area contributed by atoms with Gasteiger partial charge in [0.25, 0.3) is 0 Å². The average Bonchev–Trinajstić information content (AvgIpc) is 3.75. The lowest BCUT2D eigenvalue weighted by atomic mass is 9.44. The Morgan fingerprint density at radius 2 is 1.49 bits per heavy atom. The molecule has 1 saturated heterocycles. The maximum Gasteiger partial charge on any atom is 0.350 e. The van der Waals surface area contributed by atoms with Crippen LogP contribution in [0.15, 0.2) is 76.8 Å². The van der Waals surface area contributed by atoms with Gasteiger partial charge in [-0.1, -0.05) is 77.9 Å². The van der Waals surface area contributed by atoms with E-state index in [1.165, 1.54) is 13.8 Å². The molecule has 1 N–H and O–H groups in total. The predicted molar refractivity (Wildman–Crippen MR) is 239 cm³/mol. The van der Waals surface area contributed by atoms with Crippen LogP contribution in [-0.2, 0) is 52.0 Å². The standard InChI is InChI=1S/C50H63NO13Si/c1-11-65(12-2,13-3)64-35-24-36-49(27-58-36,63-31(7)53)39-41(62-44(55)33-22-18-15-19-23-33)50(57)26-34(29(5)37(46(50,8)9)38(59-30(6)52)40(54)47(35,39)10)60-45(56)42-48(25-28(48)4)51-43(61-42)32-20-16-14-17-21-32/h14-23,28,34-36,38-39,41-42,57H,11-13,24-27H2,1-10H3/t28?,34-,35-,36+,38+,39-,41-,42+,47+,48+,49-,50+/m0/s1. The van der Waals surface area contributed by atoms with E-state index in [0.717, 1.165) is 18.1 Å². The maximum atomic E-state index is 16.3. The Balaban J connectivity index is 1.33. The number of aliphatic imine (C=N–C) groups is 1. The molecule has 2 bridgehead atoms. The molecule has 1 unspecified atom stereocenters. The van der Waals surface area contributed by atoms with Crippen LogP contribution in [0.25, 0.3) is 0 Å². The van der Waals surface area contributed by atoms with Gasteiger partial charge >= 0.3 is 23.9 Å². The Morgan fingerprint density at radius 1 is 0.877 bits per heavy atom. The van der Waals surface area contributed by atoms with Crippen molar-refractivity contribution in [3.05, 3.63) is 82.9 Å². The second-order valence-electron chi connectivity index (χ2n) is 19.9. The van der Waals surface area contributed by atoms with Crippen LogP contribution in [0.2, 0.25) is 18.1 Å². The number of hydrogen-bond acceptors (Lipinski definition) is 14. The van der Waals surface area contributed by atoms with Crippen molar-refractivity contribution < 1.29 is 61.9 Å². The third-order valence-electron chi connectivity index (χ3n) is 16.3. The zero-order chi connectivity index (χ0) is 47.1. The van der Waals surface area contributed by atoms with Gasteiger partial charge in [0.15, 0.2) is 25.8 Å². The first kappa shape index (κ1) is 46.8. The summed E-state index contributed by atoms with van der Waals surface area (Å²) >= 11 is 0. The first-order chi connectivity index (χ1) is 30.7. The largest absolute Gasteiger partial charge is 0.459 e. The van der Waals surface area contributed by atoms with Crippen molar-refractivity contribution in [2.45, 2.75) is 160 Å². The van der Waals surface area contributed by atoms with Gasteiger partial charge in [0, 0.05) is 37.7 Å². The molecule has 6 aliphatic rings. The van der Waals surface area contributed by atoms with E-state index in [4.69, 9.17) is 37.8 Å². The molecule has 65 heavy (non-hydrogen) atoms. The second kappa shape index (κ2) is 16.6. The van der Waals surface area contributed by atoms with Crippen LogP contribution in [0.5, 0.6) is 0 Å². The summed E-state index contributed by atoms with van der Waals surface area (Å²) in [5.74, 6) is -4.60. The van der Waals surface area contributed by atoms with Crippen LogP contribution in [0, 0.1) is 22.7 Å². The number of aliphatic hydroxyl groups is 1. The molecule has 2 heterocycles. The first-order valence-electron chi connectivity index (χ1n) is 23.1. The molecule has 0 aromatic heterocycles. The maximum absolute atomic E-state index is 16.3. The van der Waals surface area contributed by atoms with Gasteiger partial charge in [-0.3, -0.25) is 14.4 Å². The van der Waals surface area contributed by atoms with E-state index in [1.54, 1.807) is 58.0 Å². The van der Waals surface area contributed by atoms with Gasteiger partial charge in [0.05, 0.1) is 29.6 Å². The Kier molecular flexibility index (Phi) is 11.9. The first-order valence-corrected chi connectivity index (χ1v) is 25.6. The number of benzene rings is 2. The molecule has 1 spiro atoms. The summed E-state index contributed by atoms with van der Waals surface area (Å²) in [5, 5.41) is 14.1. The molecule has 14 nitrogen and oxygen atoms in total. The van der Waals surface area contributed by atoms with Gasteiger partial charge in [-0.15, -0.1) is 0 Å². The van der Waals surface area contributed by atoms with Crippen molar-refractivity contribution in [3.8, 4) is 0 Å². The number of carbonyl (C=O) groups excluding carboxylic acids is 5. The van der Waals surface area contributed by atoms with Gasteiger partial charge < -0.3 is 38.0 Å². The Hall–Kier alpha value is -4.70. The minimum atomic E-state index is -2.59. The van der Waals surface area contributed by atoms with E-state index in [2.05, 4.69) is 20.8 Å². The molecule has 2 aliphatic heterocycles. The van der Waals surface area contributed by atoms with Crippen molar-refractivity contribution >= 4 is 43.9 Å². The summed E-state index contributed by atoms with van der Waals surface area (Å²) in [6.07, 6.45) is -7.06. The van der Waals surface area contributed by atoms with Crippen LogP contribution >= 0.6 is 0 Å². The highest BCUT2D eigenvalue weighted by Gasteiger charge is 2.79. The Bertz CT molecular complexity index is 2300. The van der Waals surface area contributed by atoms with E-state index < -0.39 is 108 Å². The summed E-state index contributed by atoms with van der Waals surface area (Å²) in [6.45, 7) is 17.3. The van der Waals surface area contributed by atoms with E-state index in [0.29, 0.717) is 23.5 Å². The van der Waals surface area contributed by atoms with E-state index >= 15 is 4.79 Å². The molecule has 12 atom stereocenters. The average molecular weight is 914 g/mol. The van der Waals surface area contributed by atoms with Crippen molar-refractivity contribution in [3.63, 3.8) is 0 Å². The Labute approximate surface area is 381 Å². The van der Waals surface area contributed by atoms with Gasteiger partial charge in [0.1, 0.15) is 29.5 Å². The van der Waals surface area contributed by atoms with E-state index in [9.17, 15) is 24.3 Å². The molecule has 350 valence electrons. The van der Waals surface area contributed by atoms with Crippen LogP contribution in [-0.4, -0.2) is 109 Å².